The Balaban J connectivity index is 1.53. The van der Waals surface area contributed by atoms with Crippen LogP contribution in [0, 0.1) is 0 Å². The van der Waals surface area contributed by atoms with Gasteiger partial charge in [0, 0.05) is 43.6 Å². The number of nitrogens with zero attached hydrogens (tertiary/aromatic N) is 1. The Morgan fingerprint density at radius 1 is 1.16 bits per heavy atom. The molecule has 3 N–H and O–H groups in total. The van der Waals surface area contributed by atoms with E-state index < -0.39 is 0 Å². The second-order valence-corrected chi connectivity index (χ2v) is 7.43. The maximum absolute atomic E-state index is 12.6. The molecule has 1 heterocycles. The molecule has 1 aliphatic carbocycles. The number of aromatic nitrogens is 1. The molecule has 2 aromatic rings. The number of H-pyrrole nitrogens is 1. The highest BCUT2D eigenvalue weighted by Crippen LogP contribution is 2.25. The van der Waals surface area contributed by atoms with Crippen LogP contribution in [0.15, 0.2) is 30.5 Å². The quantitative estimate of drug-likeness (QED) is 0.507. The molecule has 1 aromatic carbocycles. The second kappa shape index (κ2) is 10.8. The first-order chi connectivity index (χ1) is 15.0. The summed E-state index contributed by atoms with van der Waals surface area (Å²) in [5.41, 5.74) is 2.31. The Morgan fingerprint density at radius 2 is 1.94 bits per heavy atom. The number of Topliss-reactive ketones (excluding diaryl/α,β-unsaturated/α-hetero) is 1. The average Bonchev–Trinajstić information content (AvgIpc) is 3.22. The minimum atomic E-state index is -0.323. The van der Waals surface area contributed by atoms with Gasteiger partial charge in [0.15, 0.2) is 12.4 Å². The highest BCUT2D eigenvalue weighted by molar-refractivity contribution is 6.13. The van der Waals surface area contributed by atoms with Gasteiger partial charge in [0.05, 0.1) is 11.1 Å². The van der Waals surface area contributed by atoms with Crippen LogP contribution in [0.5, 0.6) is 5.75 Å². The molecular weight excluding hydrogens is 396 g/mol. The molecule has 0 radical (unpaired) electrons. The number of hydrogen-bond donors (Lipinski definition) is 3. The van der Waals surface area contributed by atoms with Crippen molar-refractivity contribution in [3.63, 3.8) is 0 Å². The Labute approximate surface area is 182 Å². The van der Waals surface area contributed by atoms with Crippen molar-refractivity contribution in [2.24, 2.45) is 0 Å². The molecule has 8 nitrogen and oxygen atoms in total. The average molecular weight is 427 g/mol. The first-order valence-electron chi connectivity index (χ1n) is 10.8. The SMILES string of the molecule is CCNCCN(CC)C(=O)COc1ccc(NC(=O)c2c[nH]c3c2C(=O)CCC3)cc1. The second-order valence-electron chi connectivity index (χ2n) is 7.43. The Bertz CT molecular complexity index is 920. The molecule has 0 bridgehead atoms. The molecule has 0 saturated heterocycles. The summed E-state index contributed by atoms with van der Waals surface area (Å²) in [4.78, 5) is 41.9. The summed E-state index contributed by atoms with van der Waals surface area (Å²) in [6.07, 6.45) is 3.66. The molecule has 166 valence electrons. The van der Waals surface area contributed by atoms with E-state index in [1.54, 1.807) is 35.4 Å². The normalized spacial score (nSPS) is 12.9. The first kappa shape index (κ1) is 22.6. The molecular formula is C23H30N4O4. The molecule has 0 aliphatic heterocycles. The highest BCUT2D eigenvalue weighted by Gasteiger charge is 2.25. The third kappa shape index (κ3) is 5.73. The lowest BCUT2D eigenvalue weighted by Crippen LogP contribution is -2.39. The predicted octanol–water partition coefficient (Wildman–Crippen LogP) is 2.62. The summed E-state index contributed by atoms with van der Waals surface area (Å²) in [6.45, 7) is 6.82. The topological polar surface area (TPSA) is 104 Å². The standard InChI is InChI=1S/C23H30N4O4/c1-3-24-12-13-27(4-2)21(29)15-31-17-10-8-16(9-11-17)26-23(30)18-14-25-19-6-5-7-20(28)22(18)19/h8-11,14,24-25H,3-7,12-13,15H2,1-2H3,(H,26,30). The number of aryl methyl sites for hydroxylation is 1. The predicted molar refractivity (Wildman–Crippen MR) is 119 cm³/mol. The lowest BCUT2D eigenvalue weighted by atomic mass is 9.93. The van der Waals surface area contributed by atoms with Gasteiger partial charge in [-0.05, 0) is 50.6 Å². The number of anilines is 1. The van der Waals surface area contributed by atoms with Gasteiger partial charge in [0.2, 0.25) is 0 Å². The van der Waals surface area contributed by atoms with Crippen molar-refractivity contribution >= 4 is 23.3 Å². The van der Waals surface area contributed by atoms with Gasteiger partial charge in [-0.15, -0.1) is 0 Å². The van der Waals surface area contributed by atoms with Crippen LogP contribution >= 0.6 is 0 Å². The van der Waals surface area contributed by atoms with Crippen LogP contribution in [0.2, 0.25) is 0 Å². The molecule has 1 aromatic heterocycles. The largest absolute Gasteiger partial charge is 0.484 e. The van der Waals surface area contributed by atoms with Crippen molar-refractivity contribution in [2.45, 2.75) is 33.1 Å². The lowest BCUT2D eigenvalue weighted by Gasteiger charge is -2.21. The summed E-state index contributed by atoms with van der Waals surface area (Å²) >= 11 is 0. The van der Waals surface area contributed by atoms with Gasteiger partial charge in [0.25, 0.3) is 11.8 Å². The third-order valence-electron chi connectivity index (χ3n) is 5.33. The molecule has 1 aliphatic rings. The lowest BCUT2D eigenvalue weighted by molar-refractivity contribution is -0.133. The molecule has 8 heteroatoms. The smallest absolute Gasteiger partial charge is 0.260 e. The molecule has 0 fully saturated rings. The summed E-state index contributed by atoms with van der Waals surface area (Å²) < 4.78 is 5.60. The van der Waals surface area contributed by atoms with E-state index in [-0.39, 0.29) is 24.2 Å². The maximum Gasteiger partial charge on any atom is 0.260 e. The zero-order valence-electron chi connectivity index (χ0n) is 18.1. The number of carbonyl (C=O) groups excluding carboxylic acids is 3. The third-order valence-corrected chi connectivity index (χ3v) is 5.33. The fourth-order valence-electron chi connectivity index (χ4n) is 3.63. The van der Waals surface area contributed by atoms with Crippen molar-refractivity contribution < 1.29 is 19.1 Å². The van der Waals surface area contributed by atoms with Crippen molar-refractivity contribution in [1.82, 2.24) is 15.2 Å². The highest BCUT2D eigenvalue weighted by atomic mass is 16.5. The number of carbonyl (C=O) groups is 3. The van der Waals surface area contributed by atoms with E-state index in [1.807, 2.05) is 13.8 Å². The molecule has 3 rings (SSSR count). The van der Waals surface area contributed by atoms with Gasteiger partial charge in [-0.1, -0.05) is 6.92 Å². The molecule has 0 saturated carbocycles. The van der Waals surface area contributed by atoms with Crippen LogP contribution in [-0.2, 0) is 11.2 Å². The van der Waals surface area contributed by atoms with E-state index in [1.165, 1.54) is 0 Å². The van der Waals surface area contributed by atoms with Crippen LogP contribution in [0.4, 0.5) is 5.69 Å². The van der Waals surface area contributed by atoms with Gasteiger partial charge in [-0.2, -0.15) is 0 Å². The number of rotatable bonds is 10. The van der Waals surface area contributed by atoms with E-state index >= 15 is 0 Å². The molecule has 2 amide bonds. The van der Waals surface area contributed by atoms with Gasteiger partial charge in [-0.25, -0.2) is 0 Å². The van der Waals surface area contributed by atoms with Gasteiger partial charge in [-0.3, -0.25) is 14.4 Å². The molecule has 0 atom stereocenters. The van der Waals surface area contributed by atoms with Crippen molar-refractivity contribution in [2.75, 3.05) is 38.1 Å². The van der Waals surface area contributed by atoms with Crippen LogP contribution < -0.4 is 15.4 Å². The van der Waals surface area contributed by atoms with Crippen molar-refractivity contribution in [3.8, 4) is 5.75 Å². The summed E-state index contributed by atoms with van der Waals surface area (Å²) in [5, 5.41) is 6.02. The number of ether oxygens (including phenoxy) is 1. The number of aromatic amines is 1. The van der Waals surface area contributed by atoms with Crippen LogP contribution in [-0.4, -0.2) is 60.3 Å². The van der Waals surface area contributed by atoms with Crippen molar-refractivity contribution in [1.29, 1.82) is 0 Å². The monoisotopic (exact) mass is 426 g/mol. The fourth-order valence-corrected chi connectivity index (χ4v) is 3.63. The number of fused-ring (bicyclic) bond motifs is 1. The van der Waals surface area contributed by atoms with E-state index in [2.05, 4.69) is 15.6 Å². The number of benzene rings is 1. The van der Waals surface area contributed by atoms with Gasteiger partial charge in [0.1, 0.15) is 5.75 Å². The van der Waals surface area contributed by atoms with E-state index in [4.69, 9.17) is 4.74 Å². The summed E-state index contributed by atoms with van der Waals surface area (Å²) in [7, 11) is 0. The van der Waals surface area contributed by atoms with Gasteiger partial charge >= 0.3 is 0 Å². The maximum atomic E-state index is 12.6. The van der Waals surface area contributed by atoms with Crippen LogP contribution in [0.1, 0.15) is 53.1 Å². The zero-order valence-corrected chi connectivity index (χ0v) is 18.1. The van der Waals surface area contributed by atoms with Crippen molar-refractivity contribution in [3.05, 3.63) is 47.3 Å². The Morgan fingerprint density at radius 3 is 2.65 bits per heavy atom. The first-order valence-corrected chi connectivity index (χ1v) is 10.8. The van der Waals surface area contributed by atoms with Crippen LogP contribution in [0.3, 0.4) is 0 Å². The summed E-state index contributed by atoms with van der Waals surface area (Å²) in [5.74, 6) is 0.159. The Hall–Kier alpha value is -3.13. The number of ketones is 1. The van der Waals surface area contributed by atoms with E-state index in [0.717, 1.165) is 31.6 Å². The molecule has 0 unspecified atom stereocenters. The molecule has 0 spiro atoms. The van der Waals surface area contributed by atoms with Crippen LogP contribution in [0.25, 0.3) is 0 Å². The molecule has 31 heavy (non-hydrogen) atoms. The number of hydrogen-bond acceptors (Lipinski definition) is 5. The number of likely N-dealkylation sites (N-methyl/N-ethyl adjacent to an activating group) is 2. The van der Waals surface area contributed by atoms with E-state index in [0.29, 0.717) is 42.1 Å². The summed E-state index contributed by atoms with van der Waals surface area (Å²) in [6, 6.07) is 6.83. The fraction of sp³-hybridized carbons (Fsp3) is 0.435. The number of amides is 2. The number of nitrogens with one attached hydrogen (secondary N) is 3. The Kier molecular flexibility index (Phi) is 7.83. The minimum absolute atomic E-state index is 0.00710. The zero-order chi connectivity index (χ0) is 22.2. The minimum Gasteiger partial charge on any atom is -0.484 e. The van der Waals surface area contributed by atoms with Gasteiger partial charge < -0.3 is 25.3 Å². The van der Waals surface area contributed by atoms with E-state index in [9.17, 15) is 14.4 Å².